The molecule has 0 amide bonds. The van der Waals surface area contributed by atoms with Crippen molar-refractivity contribution >= 4 is 14.0 Å². The molecule has 0 aliphatic carbocycles. The van der Waals surface area contributed by atoms with E-state index in [1.807, 2.05) is 0 Å². The predicted molar refractivity (Wildman–Crippen MR) is 75.4 cm³/mol. The molecule has 0 aliphatic heterocycles. The van der Waals surface area contributed by atoms with Gasteiger partial charge in [0.25, 0.3) is 0 Å². The molecule has 0 atom stereocenters. The number of hydrogen-bond acceptors (Lipinski definition) is 2. The number of ether oxygens (including phenoxy) is 1. The maximum absolute atomic E-state index is 10.9. The van der Waals surface area contributed by atoms with Crippen LogP contribution in [0, 0.1) is 11.5 Å². The van der Waals surface area contributed by atoms with Gasteiger partial charge < -0.3 is 4.74 Å². The zero-order valence-electron chi connectivity index (χ0n) is 11.7. The average Bonchev–Trinajstić information content (AvgIpc) is 2.23. The number of unbranched alkanes of at least 4 members (excludes halogenated alkanes) is 1. The van der Waals surface area contributed by atoms with Crippen LogP contribution in [0.5, 0.6) is 0 Å². The van der Waals surface area contributed by atoms with E-state index in [9.17, 15) is 4.79 Å². The molecule has 3 heteroatoms. The second kappa shape index (κ2) is 8.13. The lowest BCUT2D eigenvalue weighted by Crippen LogP contribution is -2.16. The fraction of sp³-hybridized carbons (Fsp3) is 0.643. The van der Waals surface area contributed by atoms with Crippen LogP contribution < -0.4 is 0 Å². The Morgan fingerprint density at radius 2 is 1.94 bits per heavy atom. The summed E-state index contributed by atoms with van der Waals surface area (Å²) < 4.78 is 4.60. The number of esters is 1. The zero-order chi connectivity index (χ0) is 13.3. The smallest absolute Gasteiger partial charge is 0.305 e. The van der Waals surface area contributed by atoms with E-state index in [-0.39, 0.29) is 5.97 Å². The Kier molecular flexibility index (Phi) is 7.65. The molecule has 0 rings (SSSR count). The average molecular weight is 252 g/mol. The topological polar surface area (TPSA) is 26.3 Å². The highest BCUT2D eigenvalue weighted by Crippen LogP contribution is 2.07. The van der Waals surface area contributed by atoms with Crippen LogP contribution in [0.2, 0.25) is 19.6 Å². The molecule has 96 valence electrons. The Labute approximate surface area is 106 Å². The molecule has 0 saturated carbocycles. The number of allylic oxidation sites excluding steroid dienone is 2. The van der Waals surface area contributed by atoms with Gasteiger partial charge in [0.05, 0.1) is 7.11 Å². The second-order valence-corrected chi connectivity index (χ2v) is 9.97. The van der Waals surface area contributed by atoms with Gasteiger partial charge in [-0.3, -0.25) is 4.79 Å². The van der Waals surface area contributed by atoms with E-state index >= 15 is 0 Å². The molecule has 0 bridgehead atoms. The van der Waals surface area contributed by atoms with Crippen LogP contribution in [0.4, 0.5) is 0 Å². The van der Waals surface area contributed by atoms with Crippen molar-refractivity contribution in [2.24, 2.45) is 0 Å². The maximum atomic E-state index is 10.9. The Morgan fingerprint density at radius 1 is 1.29 bits per heavy atom. The van der Waals surface area contributed by atoms with Gasteiger partial charge in [0.2, 0.25) is 0 Å². The summed E-state index contributed by atoms with van der Waals surface area (Å²) in [5, 5.41) is 0. The summed E-state index contributed by atoms with van der Waals surface area (Å²) in [5.41, 5.74) is 4.58. The lowest BCUT2D eigenvalue weighted by atomic mass is 10.1. The van der Waals surface area contributed by atoms with Gasteiger partial charge >= 0.3 is 5.97 Å². The summed E-state index contributed by atoms with van der Waals surface area (Å²) in [7, 11) is 0.212. The van der Waals surface area contributed by atoms with Crippen molar-refractivity contribution in [1.29, 1.82) is 0 Å². The molecule has 0 heterocycles. The van der Waals surface area contributed by atoms with Crippen molar-refractivity contribution in [2.75, 3.05) is 7.11 Å². The Balaban J connectivity index is 3.84. The lowest BCUT2D eigenvalue weighted by Gasteiger charge is -2.03. The lowest BCUT2D eigenvalue weighted by molar-refractivity contribution is -0.140. The van der Waals surface area contributed by atoms with Crippen molar-refractivity contribution in [3.05, 3.63) is 11.6 Å². The summed E-state index contributed by atoms with van der Waals surface area (Å²) in [6.45, 7) is 8.79. The molecule has 0 fully saturated rings. The summed E-state index contributed by atoms with van der Waals surface area (Å²) >= 11 is 0. The van der Waals surface area contributed by atoms with Crippen LogP contribution in [0.25, 0.3) is 0 Å². The van der Waals surface area contributed by atoms with Gasteiger partial charge in [0, 0.05) is 12.8 Å². The van der Waals surface area contributed by atoms with E-state index < -0.39 is 8.07 Å². The molecule has 2 nitrogen and oxygen atoms in total. The van der Waals surface area contributed by atoms with Crippen LogP contribution in [0.15, 0.2) is 11.6 Å². The molecule has 0 aromatic heterocycles. The molecule has 0 spiro atoms. The van der Waals surface area contributed by atoms with E-state index in [1.165, 1.54) is 12.7 Å². The molecule has 0 aliphatic rings. The fourth-order valence-corrected chi connectivity index (χ4v) is 1.88. The van der Waals surface area contributed by atoms with Crippen molar-refractivity contribution in [1.82, 2.24) is 0 Å². The van der Waals surface area contributed by atoms with Crippen molar-refractivity contribution in [2.45, 2.75) is 52.2 Å². The SMILES string of the molecule is COC(=O)CC/C(C)=C/CCC#C[Si](C)(C)C. The minimum atomic E-state index is -1.21. The van der Waals surface area contributed by atoms with Gasteiger partial charge in [-0.25, -0.2) is 0 Å². The zero-order valence-corrected chi connectivity index (χ0v) is 12.7. The first kappa shape index (κ1) is 16.0. The van der Waals surface area contributed by atoms with Gasteiger partial charge in [0.15, 0.2) is 0 Å². The van der Waals surface area contributed by atoms with E-state index in [1.54, 1.807) is 0 Å². The van der Waals surface area contributed by atoms with E-state index in [4.69, 9.17) is 0 Å². The predicted octanol–water partition coefficient (Wildman–Crippen LogP) is 3.55. The maximum Gasteiger partial charge on any atom is 0.305 e. The molecule has 0 radical (unpaired) electrons. The van der Waals surface area contributed by atoms with Crippen LogP contribution in [-0.2, 0) is 9.53 Å². The first-order valence-corrected chi connectivity index (χ1v) is 9.57. The Hall–Kier alpha value is -1.01. The molecule has 17 heavy (non-hydrogen) atoms. The number of rotatable bonds is 5. The molecular weight excluding hydrogens is 228 g/mol. The monoisotopic (exact) mass is 252 g/mol. The Bertz CT molecular complexity index is 326. The molecule has 0 aromatic carbocycles. The van der Waals surface area contributed by atoms with Crippen molar-refractivity contribution in [3.63, 3.8) is 0 Å². The van der Waals surface area contributed by atoms with Crippen molar-refractivity contribution in [3.8, 4) is 11.5 Å². The van der Waals surface area contributed by atoms with Crippen LogP contribution in [0.1, 0.15) is 32.6 Å². The number of methoxy groups -OCH3 is 1. The molecule has 0 aromatic rings. The summed E-state index contributed by atoms with van der Waals surface area (Å²) in [6, 6.07) is 0. The van der Waals surface area contributed by atoms with Crippen LogP contribution in [-0.4, -0.2) is 21.2 Å². The van der Waals surface area contributed by atoms with Crippen LogP contribution in [0.3, 0.4) is 0 Å². The third-order valence-electron chi connectivity index (χ3n) is 2.18. The number of carbonyl (C=O) groups excluding carboxylic acids is 1. The van der Waals surface area contributed by atoms with E-state index in [0.29, 0.717) is 6.42 Å². The van der Waals surface area contributed by atoms with E-state index in [2.05, 4.69) is 48.8 Å². The number of hydrogen-bond donors (Lipinski definition) is 0. The van der Waals surface area contributed by atoms with Crippen LogP contribution >= 0.6 is 0 Å². The summed E-state index contributed by atoms with van der Waals surface area (Å²) in [4.78, 5) is 10.9. The Morgan fingerprint density at radius 3 is 2.47 bits per heavy atom. The molecule has 0 saturated heterocycles. The summed E-state index contributed by atoms with van der Waals surface area (Å²) in [5.74, 6) is 3.09. The first-order valence-electron chi connectivity index (χ1n) is 6.07. The van der Waals surface area contributed by atoms with Gasteiger partial charge in [-0.15, -0.1) is 11.5 Å². The quantitative estimate of drug-likeness (QED) is 0.246. The minimum Gasteiger partial charge on any atom is -0.469 e. The molecular formula is C14H24O2Si. The fourth-order valence-electron chi connectivity index (χ4n) is 1.22. The van der Waals surface area contributed by atoms with Gasteiger partial charge in [-0.05, 0) is 19.8 Å². The molecule has 0 N–H and O–H groups in total. The van der Waals surface area contributed by atoms with E-state index in [0.717, 1.165) is 19.3 Å². The second-order valence-electron chi connectivity index (χ2n) is 5.22. The van der Waals surface area contributed by atoms with Gasteiger partial charge in [-0.2, -0.15) is 0 Å². The highest BCUT2D eigenvalue weighted by molar-refractivity contribution is 6.83. The third-order valence-corrected chi connectivity index (χ3v) is 3.10. The van der Waals surface area contributed by atoms with Gasteiger partial charge in [0.1, 0.15) is 8.07 Å². The van der Waals surface area contributed by atoms with Crippen molar-refractivity contribution < 1.29 is 9.53 Å². The normalized spacial score (nSPS) is 11.7. The molecule has 0 unspecified atom stereocenters. The summed E-state index contributed by atoms with van der Waals surface area (Å²) in [6.07, 6.45) is 5.32. The highest BCUT2D eigenvalue weighted by Gasteiger charge is 2.06. The van der Waals surface area contributed by atoms with Gasteiger partial charge in [-0.1, -0.05) is 31.3 Å². The largest absolute Gasteiger partial charge is 0.469 e. The number of carbonyl (C=O) groups is 1. The standard InChI is InChI=1S/C14H24O2Si/c1-13(10-11-14(15)16-2)9-7-6-8-12-17(3,4)5/h9H,6-7,10-11H2,1-5H3/b13-9+. The third kappa shape index (κ3) is 11.3. The minimum absolute atomic E-state index is 0.142. The highest BCUT2D eigenvalue weighted by atomic mass is 28.3. The first-order chi connectivity index (χ1) is 7.85.